The maximum Gasteiger partial charge on any atom is 0.243 e. The number of thiophene rings is 1. The molecule has 0 aliphatic carbocycles. The summed E-state index contributed by atoms with van der Waals surface area (Å²) in [7, 11) is -3.62. The summed E-state index contributed by atoms with van der Waals surface area (Å²) in [5, 5.41) is 1.98. The van der Waals surface area contributed by atoms with Gasteiger partial charge in [0.05, 0.1) is 4.90 Å². The number of hydrogen-bond donors (Lipinski definition) is 0. The fourth-order valence-corrected chi connectivity index (χ4v) is 4.63. The fraction of sp³-hybridized carbons (Fsp3) is 0.286. The molecule has 0 radical (unpaired) electrons. The van der Waals surface area contributed by atoms with Crippen LogP contribution in [0.15, 0.2) is 34.5 Å². The Hall–Kier alpha value is -1.24. The summed E-state index contributed by atoms with van der Waals surface area (Å²) in [6.45, 7) is 2.44. The minimum atomic E-state index is -3.62. The smallest absolute Gasteiger partial charge is 0.207 e. The van der Waals surface area contributed by atoms with Gasteiger partial charge in [0.15, 0.2) is 0 Å². The lowest BCUT2D eigenvalue weighted by molar-refractivity contribution is 0.394. The molecule has 1 aromatic heterocycles. The molecule has 106 valence electrons. The summed E-state index contributed by atoms with van der Waals surface area (Å²) >= 11 is 1.66. The molecule has 0 amide bonds. The Labute approximate surface area is 121 Å². The topological polar surface area (TPSA) is 37.4 Å². The van der Waals surface area contributed by atoms with E-state index in [-0.39, 0.29) is 4.90 Å². The highest BCUT2D eigenvalue weighted by molar-refractivity contribution is 7.89. The van der Waals surface area contributed by atoms with E-state index in [1.807, 2.05) is 11.4 Å². The second-order valence-electron chi connectivity index (χ2n) is 4.87. The van der Waals surface area contributed by atoms with Gasteiger partial charge in [-0.2, -0.15) is 4.31 Å². The Morgan fingerprint density at radius 3 is 2.85 bits per heavy atom. The summed E-state index contributed by atoms with van der Waals surface area (Å²) in [6, 6.07) is 6.03. The number of aryl methyl sites for hydroxylation is 1. The van der Waals surface area contributed by atoms with Crippen molar-refractivity contribution in [3.05, 3.63) is 51.5 Å². The Morgan fingerprint density at radius 2 is 2.10 bits per heavy atom. The van der Waals surface area contributed by atoms with Crippen LogP contribution in [-0.4, -0.2) is 19.3 Å². The van der Waals surface area contributed by atoms with Gasteiger partial charge in [0.1, 0.15) is 5.82 Å². The molecule has 20 heavy (non-hydrogen) atoms. The average Bonchev–Trinajstić information content (AvgIpc) is 2.89. The molecule has 3 nitrogen and oxygen atoms in total. The summed E-state index contributed by atoms with van der Waals surface area (Å²) < 4.78 is 40.1. The molecule has 1 aliphatic rings. The minimum absolute atomic E-state index is 0.0271. The van der Waals surface area contributed by atoms with Gasteiger partial charge < -0.3 is 0 Å². The molecule has 2 aromatic rings. The first kappa shape index (κ1) is 13.7. The van der Waals surface area contributed by atoms with Crippen LogP contribution in [0.2, 0.25) is 0 Å². The van der Waals surface area contributed by atoms with Gasteiger partial charge >= 0.3 is 0 Å². The van der Waals surface area contributed by atoms with Crippen molar-refractivity contribution in [3.63, 3.8) is 0 Å². The van der Waals surface area contributed by atoms with Crippen molar-refractivity contribution in [3.8, 4) is 0 Å². The molecular formula is C14H14FNO2S2. The van der Waals surface area contributed by atoms with Crippen molar-refractivity contribution >= 4 is 21.4 Å². The van der Waals surface area contributed by atoms with Crippen molar-refractivity contribution in [2.45, 2.75) is 24.8 Å². The van der Waals surface area contributed by atoms with Crippen molar-refractivity contribution in [2.75, 3.05) is 6.54 Å². The molecular weight excluding hydrogens is 297 g/mol. The van der Waals surface area contributed by atoms with Gasteiger partial charge in [-0.1, -0.05) is 6.07 Å². The third kappa shape index (κ3) is 2.28. The zero-order valence-corrected chi connectivity index (χ0v) is 12.6. The number of halogens is 1. The number of fused-ring (bicyclic) bond motifs is 1. The van der Waals surface area contributed by atoms with E-state index in [0.717, 1.165) is 18.1 Å². The number of nitrogens with zero attached hydrogens (tertiary/aromatic N) is 1. The third-order valence-corrected chi connectivity index (χ3v) is 6.42. The molecule has 0 fully saturated rings. The first-order chi connectivity index (χ1) is 9.48. The quantitative estimate of drug-likeness (QED) is 0.855. The van der Waals surface area contributed by atoms with E-state index in [9.17, 15) is 12.8 Å². The molecule has 0 spiro atoms. The first-order valence-corrected chi connectivity index (χ1v) is 8.62. The molecule has 0 N–H and O–H groups in total. The lowest BCUT2D eigenvalue weighted by Crippen LogP contribution is -2.35. The van der Waals surface area contributed by atoms with Gasteiger partial charge in [0.25, 0.3) is 0 Å². The van der Waals surface area contributed by atoms with Crippen molar-refractivity contribution in [1.29, 1.82) is 0 Å². The minimum Gasteiger partial charge on any atom is -0.207 e. The SMILES string of the molecule is Cc1ccc(S(=O)(=O)N2CCc3sccc3C2)cc1F. The monoisotopic (exact) mass is 311 g/mol. The van der Waals surface area contributed by atoms with Crippen LogP contribution in [0.5, 0.6) is 0 Å². The van der Waals surface area contributed by atoms with E-state index in [0.29, 0.717) is 18.7 Å². The Bertz CT molecular complexity index is 752. The van der Waals surface area contributed by atoms with Gasteiger partial charge in [0.2, 0.25) is 10.0 Å². The predicted molar refractivity (Wildman–Crippen MR) is 76.8 cm³/mol. The zero-order chi connectivity index (χ0) is 14.3. The predicted octanol–water partition coefficient (Wildman–Crippen LogP) is 2.94. The second-order valence-corrected chi connectivity index (χ2v) is 7.81. The molecule has 6 heteroatoms. The van der Waals surface area contributed by atoms with E-state index in [1.54, 1.807) is 18.3 Å². The van der Waals surface area contributed by atoms with Gasteiger partial charge in [0, 0.05) is 18.0 Å². The Balaban J connectivity index is 1.95. The standard InChI is InChI=1S/C14H14FNO2S2/c1-10-2-3-12(8-13(10)15)20(17,18)16-6-4-14-11(9-16)5-7-19-14/h2-3,5,7-8H,4,6,9H2,1H3. The maximum absolute atomic E-state index is 13.6. The molecule has 0 unspecified atom stereocenters. The lowest BCUT2D eigenvalue weighted by atomic mass is 10.1. The van der Waals surface area contributed by atoms with E-state index in [1.165, 1.54) is 21.3 Å². The van der Waals surface area contributed by atoms with Gasteiger partial charge in [-0.05, 0) is 48.1 Å². The zero-order valence-electron chi connectivity index (χ0n) is 11.0. The largest absolute Gasteiger partial charge is 0.243 e. The number of sulfonamides is 1. The first-order valence-electron chi connectivity index (χ1n) is 6.30. The highest BCUT2D eigenvalue weighted by Crippen LogP contribution is 2.28. The molecule has 0 atom stereocenters. The summed E-state index contributed by atoms with van der Waals surface area (Å²) in [5.41, 5.74) is 1.50. The molecule has 1 aromatic carbocycles. The van der Waals surface area contributed by atoms with Crippen LogP contribution in [0.25, 0.3) is 0 Å². The van der Waals surface area contributed by atoms with Gasteiger partial charge in [-0.3, -0.25) is 0 Å². The Kier molecular flexibility index (Phi) is 3.40. The maximum atomic E-state index is 13.6. The van der Waals surface area contributed by atoms with E-state index in [2.05, 4.69) is 0 Å². The van der Waals surface area contributed by atoms with Crippen molar-refractivity contribution in [1.82, 2.24) is 4.31 Å². The van der Waals surface area contributed by atoms with Crippen LogP contribution in [0.1, 0.15) is 16.0 Å². The number of hydrogen-bond acceptors (Lipinski definition) is 3. The molecule has 0 saturated carbocycles. The van der Waals surface area contributed by atoms with Crippen LogP contribution in [0.4, 0.5) is 4.39 Å². The summed E-state index contributed by atoms with van der Waals surface area (Å²) in [6.07, 6.45) is 0.723. The highest BCUT2D eigenvalue weighted by atomic mass is 32.2. The van der Waals surface area contributed by atoms with Gasteiger partial charge in [-0.25, -0.2) is 12.8 Å². The van der Waals surface area contributed by atoms with Gasteiger partial charge in [-0.15, -0.1) is 11.3 Å². The second kappa shape index (κ2) is 4.95. The summed E-state index contributed by atoms with van der Waals surface area (Å²) in [5.74, 6) is -0.487. The molecule has 2 heterocycles. The average molecular weight is 311 g/mol. The highest BCUT2D eigenvalue weighted by Gasteiger charge is 2.29. The van der Waals surface area contributed by atoms with Crippen LogP contribution in [0.3, 0.4) is 0 Å². The third-order valence-electron chi connectivity index (χ3n) is 3.55. The van der Waals surface area contributed by atoms with Crippen molar-refractivity contribution < 1.29 is 12.8 Å². The van der Waals surface area contributed by atoms with Crippen LogP contribution < -0.4 is 0 Å². The molecule has 1 aliphatic heterocycles. The molecule has 3 rings (SSSR count). The van der Waals surface area contributed by atoms with Crippen molar-refractivity contribution in [2.24, 2.45) is 0 Å². The summed E-state index contributed by atoms with van der Waals surface area (Å²) in [4.78, 5) is 1.27. The Morgan fingerprint density at radius 1 is 1.30 bits per heavy atom. The molecule has 0 bridgehead atoms. The van der Waals surface area contributed by atoms with Crippen LogP contribution in [-0.2, 0) is 23.0 Å². The van der Waals surface area contributed by atoms with Crippen LogP contribution in [0, 0.1) is 12.7 Å². The fourth-order valence-electron chi connectivity index (χ4n) is 2.31. The molecule has 0 saturated heterocycles. The lowest BCUT2D eigenvalue weighted by Gasteiger charge is -2.26. The normalized spacial score (nSPS) is 16.1. The van der Waals surface area contributed by atoms with E-state index in [4.69, 9.17) is 0 Å². The number of benzene rings is 1. The number of rotatable bonds is 2. The van der Waals surface area contributed by atoms with E-state index >= 15 is 0 Å². The van der Waals surface area contributed by atoms with Crippen LogP contribution >= 0.6 is 11.3 Å². The van der Waals surface area contributed by atoms with E-state index < -0.39 is 15.8 Å².